The second kappa shape index (κ2) is 7.13. The van der Waals surface area contributed by atoms with E-state index in [1.54, 1.807) is 48.8 Å². The van der Waals surface area contributed by atoms with Crippen LogP contribution in [0.15, 0.2) is 59.0 Å². The van der Waals surface area contributed by atoms with Crippen LogP contribution in [0, 0.1) is 0 Å². The molecule has 0 bridgehead atoms. The van der Waals surface area contributed by atoms with E-state index >= 15 is 0 Å². The molecule has 0 radical (unpaired) electrons. The molecule has 0 unspecified atom stereocenters. The van der Waals surface area contributed by atoms with Crippen LogP contribution in [0.4, 0.5) is 11.4 Å². The fourth-order valence-electron chi connectivity index (χ4n) is 1.49. The fraction of sp³-hybridized carbons (Fsp3) is 0.200. The molecule has 0 amide bonds. The first kappa shape index (κ1) is 13.9. The van der Waals surface area contributed by atoms with Crippen LogP contribution in [-0.4, -0.2) is 11.0 Å². The lowest BCUT2D eigenvalue weighted by Gasteiger charge is -2.02. The first-order valence-corrected chi connectivity index (χ1v) is 6.40. The topological polar surface area (TPSA) is 63.9 Å². The zero-order chi connectivity index (χ0) is 14.2. The molecule has 102 valence electrons. The summed E-state index contributed by atoms with van der Waals surface area (Å²) in [6.45, 7) is 1.93. The molecule has 0 aliphatic carbocycles. The summed E-state index contributed by atoms with van der Waals surface area (Å²) < 4.78 is 5.15. The summed E-state index contributed by atoms with van der Waals surface area (Å²) in [7, 11) is 0. The number of esters is 1. The quantitative estimate of drug-likeness (QED) is 0.464. The molecule has 5 nitrogen and oxygen atoms in total. The molecule has 5 heteroatoms. The Morgan fingerprint density at radius 1 is 1.05 bits per heavy atom. The second-order valence-corrected chi connectivity index (χ2v) is 4.12. The van der Waals surface area contributed by atoms with Crippen molar-refractivity contribution < 1.29 is 9.53 Å². The van der Waals surface area contributed by atoms with E-state index in [-0.39, 0.29) is 5.97 Å². The van der Waals surface area contributed by atoms with Crippen LogP contribution in [0.3, 0.4) is 0 Å². The number of aromatic nitrogens is 1. The van der Waals surface area contributed by atoms with Gasteiger partial charge in [-0.05, 0) is 42.8 Å². The molecule has 0 fully saturated rings. The highest BCUT2D eigenvalue weighted by Crippen LogP contribution is 2.21. The molecule has 2 rings (SSSR count). The maximum atomic E-state index is 11.3. The lowest BCUT2D eigenvalue weighted by atomic mass is 10.3. The Balaban J connectivity index is 1.98. The van der Waals surface area contributed by atoms with Gasteiger partial charge in [0.1, 0.15) is 5.75 Å². The van der Waals surface area contributed by atoms with Crippen molar-refractivity contribution in [1.82, 2.24) is 4.98 Å². The van der Waals surface area contributed by atoms with E-state index in [0.717, 1.165) is 12.1 Å². The van der Waals surface area contributed by atoms with Gasteiger partial charge in [-0.2, -0.15) is 10.2 Å². The fourth-order valence-corrected chi connectivity index (χ4v) is 1.49. The van der Waals surface area contributed by atoms with Crippen LogP contribution in [0.5, 0.6) is 5.75 Å². The van der Waals surface area contributed by atoms with Crippen molar-refractivity contribution in [2.24, 2.45) is 10.2 Å². The molecule has 0 aliphatic rings. The van der Waals surface area contributed by atoms with Crippen molar-refractivity contribution in [2.75, 3.05) is 0 Å². The third kappa shape index (κ3) is 4.28. The molecule has 0 saturated heterocycles. The summed E-state index contributed by atoms with van der Waals surface area (Å²) in [5, 5.41) is 8.16. The van der Waals surface area contributed by atoms with Gasteiger partial charge >= 0.3 is 5.97 Å². The zero-order valence-electron chi connectivity index (χ0n) is 11.2. The monoisotopic (exact) mass is 269 g/mol. The number of nitrogens with zero attached hydrogens (tertiary/aromatic N) is 3. The second-order valence-electron chi connectivity index (χ2n) is 4.12. The van der Waals surface area contributed by atoms with Gasteiger partial charge in [0.15, 0.2) is 0 Å². The van der Waals surface area contributed by atoms with Gasteiger partial charge in [-0.1, -0.05) is 6.92 Å². The Hall–Kier alpha value is -2.56. The van der Waals surface area contributed by atoms with Gasteiger partial charge in [0.2, 0.25) is 0 Å². The molecule has 0 atom stereocenters. The van der Waals surface area contributed by atoms with E-state index in [1.807, 2.05) is 6.92 Å². The molecular formula is C15H15N3O2. The summed E-state index contributed by atoms with van der Waals surface area (Å²) in [5.41, 5.74) is 1.43. The summed E-state index contributed by atoms with van der Waals surface area (Å²) >= 11 is 0. The molecule has 0 saturated carbocycles. The SMILES string of the molecule is CCCC(=O)Oc1ccc(N=Nc2ccncc2)cc1. The maximum Gasteiger partial charge on any atom is 0.311 e. The number of hydrogen-bond acceptors (Lipinski definition) is 5. The van der Waals surface area contributed by atoms with Crippen molar-refractivity contribution in [1.29, 1.82) is 0 Å². The third-order valence-corrected chi connectivity index (χ3v) is 2.47. The van der Waals surface area contributed by atoms with E-state index < -0.39 is 0 Å². The minimum Gasteiger partial charge on any atom is -0.427 e. The Morgan fingerprint density at radius 2 is 1.65 bits per heavy atom. The minimum atomic E-state index is -0.223. The Morgan fingerprint density at radius 3 is 2.25 bits per heavy atom. The predicted octanol–water partition coefficient (Wildman–Crippen LogP) is 4.20. The van der Waals surface area contributed by atoms with Crippen molar-refractivity contribution in [3.63, 3.8) is 0 Å². The van der Waals surface area contributed by atoms with E-state index in [9.17, 15) is 4.79 Å². The van der Waals surface area contributed by atoms with Crippen molar-refractivity contribution in [2.45, 2.75) is 19.8 Å². The standard InChI is InChI=1S/C15H15N3O2/c1-2-3-15(19)20-14-6-4-12(5-7-14)17-18-13-8-10-16-11-9-13/h4-11H,2-3H2,1H3. The molecule has 1 aromatic heterocycles. The van der Waals surface area contributed by atoms with Crippen LogP contribution < -0.4 is 4.74 Å². The molecule has 0 spiro atoms. The Kier molecular flexibility index (Phi) is 4.94. The molecule has 0 aliphatic heterocycles. The average molecular weight is 269 g/mol. The van der Waals surface area contributed by atoms with Gasteiger partial charge in [-0.15, -0.1) is 0 Å². The smallest absolute Gasteiger partial charge is 0.311 e. The number of azo groups is 1. The molecule has 1 aromatic carbocycles. The molecule has 20 heavy (non-hydrogen) atoms. The van der Waals surface area contributed by atoms with Crippen LogP contribution >= 0.6 is 0 Å². The van der Waals surface area contributed by atoms with Gasteiger partial charge in [0, 0.05) is 18.8 Å². The summed E-state index contributed by atoms with van der Waals surface area (Å²) in [5.74, 6) is 0.296. The Labute approximate surface area is 117 Å². The number of hydrogen-bond donors (Lipinski definition) is 0. The van der Waals surface area contributed by atoms with Crippen LogP contribution in [0.2, 0.25) is 0 Å². The number of rotatable bonds is 5. The lowest BCUT2D eigenvalue weighted by Crippen LogP contribution is -2.06. The predicted molar refractivity (Wildman–Crippen MR) is 75.4 cm³/mol. The number of benzene rings is 1. The van der Waals surface area contributed by atoms with Crippen molar-refractivity contribution in [3.05, 3.63) is 48.8 Å². The van der Waals surface area contributed by atoms with Crippen molar-refractivity contribution in [3.8, 4) is 5.75 Å². The summed E-state index contributed by atoms with van der Waals surface area (Å²) in [6.07, 6.45) is 4.51. The van der Waals surface area contributed by atoms with E-state index in [1.165, 1.54) is 0 Å². The minimum absolute atomic E-state index is 0.223. The van der Waals surface area contributed by atoms with Crippen molar-refractivity contribution >= 4 is 17.3 Å². The summed E-state index contributed by atoms with van der Waals surface area (Å²) in [4.78, 5) is 15.2. The van der Waals surface area contributed by atoms with E-state index in [4.69, 9.17) is 4.74 Å². The molecular weight excluding hydrogens is 254 g/mol. The van der Waals surface area contributed by atoms with Crippen LogP contribution in [-0.2, 0) is 4.79 Å². The number of pyridine rings is 1. The highest BCUT2D eigenvalue weighted by molar-refractivity contribution is 5.72. The van der Waals surface area contributed by atoms with Gasteiger partial charge in [0.25, 0.3) is 0 Å². The van der Waals surface area contributed by atoms with E-state index in [2.05, 4.69) is 15.2 Å². The largest absolute Gasteiger partial charge is 0.427 e. The highest BCUT2D eigenvalue weighted by atomic mass is 16.5. The summed E-state index contributed by atoms with van der Waals surface area (Å²) in [6, 6.07) is 10.4. The lowest BCUT2D eigenvalue weighted by molar-refractivity contribution is -0.134. The van der Waals surface area contributed by atoms with Gasteiger partial charge in [-0.3, -0.25) is 9.78 Å². The molecule has 2 aromatic rings. The van der Waals surface area contributed by atoms with Gasteiger partial charge in [0.05, 0.1) is 11.4 Å². The van der Waals surface area contributed by atoms with Crippen LogP contribution in [0.1, 0.15) is 19.8 Å². The molecule has 1 heterocycles. The van der Waals surface area contributed by atoms with E-state index in [0.29, 0.717) is 17.9 Å². The van der Waals surface area contributed by atoms with Gasteiger partial charge < -0.3 is 4.74 Å². The van der Waals surface area contributed by atoms with Gasteiger partial charge in [-0.25, -0.2) is 0 Å². The third-order valence-electron chi connectivity index (χ3n) is 2.47. The first-order valence-electron chi connectivity index (χ1n) is 6.40. The number of carbonyl (C=O) groups excluding carboxylic acids is 1. The normalized spacial score (nSPS) is 10.7. The number of carbonyl (C=O) groups is 1. The Bertz CT molecular complexity index is 580. The average Bonchev–Trinajstić information content (AvgIpc) is 2.48. The van der Waals surface area contributed by atoms with Crippen LogP contribution in [0.25, 0.3) is 0 Å². The zero-order valence-corrected chi connectivity index (χ0v) is 11.2. The first-order chi connectivity index (χ1) is 9.78. The highest BCUT2D eigenvalue weighted by Gasteiger charge is 2.02. The maximum absolute atomic E-state index is 11.3. The molecule has 0 N–H and O–H groups in total. The number of ether oxygens (including phenoxy) is 1.